The highest BCUT2D eigenvalue weighted by Crippen LogP contribution is 2.22. The summed E-state index contributed by atoms with van der Waals surface area (Å²) in [6.07, 6.45) is 5.64. The molecule has 2 aliphatic rings. The van der Waals surface area contributed by atoms with Gasteiger partial charge in [-0.2, -0.15) is 5.26 Å². The highest BCUT2D eigenvalue weighted by molar-refractivity contribution is 5.81. The third-order valence-corrected chi connectivity index (χ3v) is 5.94. The summed E-state index contributed by atoms with van der Waals surface area (Å²) in [6.45, 7) is 9.95. The first-order chi connectivity index (χ1) is 15.4. The molecule has 168 valence electrons. The third kappa shape index (κ3) is 5.82. The number of nitriles is 1. The fourth-order valence-electron chi connectivity index (χ4n) is 4.01. The average molecular weight is 433 g/mol. The zero-order chi connectivity index (χ0) is 23.1. The Morgan fingerprint density at radius 3 is 2.59 bits per heavy atom. The zero-order valence-electron chi connectivity index (χ0n) is 19.2. The van der Waals surface area contributed by atoms with E-state index >= 15 is 0 Å². The molecule has 2 atom stereocenters. The second-order valence-electron chi connectivity index (χ2n) is 8.41. The van der Waals surface area contributed by atoms with E-state index in [0.29, 0.717) is 5.92 Å². The van der Waals surface area contributed by atoms with Crippen LogP contribution in [0.4, 0.5) is 0 Å². The predicted molar refractivity (Wildman–Crippen MR) is 127 cm³/mol. The molecular weight excluding hydrogens is 400 g/mol. The van der Waals surface area contributed by atoms with E-state index in [0.717, 1.165) is 61.4 Å². The number of fused-ring (bicyclic) bond motifs is 1. The maximum atomic E-state index is 11.5. The first-order valence-electron chi connectivity index (χ1n) is 11.2. The van der Waals surface area contributed by atoms with Crippen molar-refractivity contribution in [3.63, 3.8) is 0 Å². The molecule has 6 heteroatoms. The number of morpholine rings is 1. The molecule has 1 aliphatic heterocycles. The van der Waals surface area contributed by atoms with E-state index in [2.05, 4.69) is 30.0 Å². The minimum Gasteiger partial charge on any atom is -0.379 e. The van der Waals surface area contributed by atoms with E-state index in [-0.39, 0.29) is 11.8 Å². The standard InChI is InChI=1S/C24H29N3O2.C2H3N/c1-16-3-8-22-21(13-16)20(15-27-9-11-29-12-10-27)14-23(26-22)19-6-4-18(5-7-19)17(2)24(25)28;1-2-3/h4-8,13-14,16-17H,3,9-12,15H2,1-2H3,(H2,25,28);1H3. The molecule has 0 saturated carbocycles. The minimum atomic E-state index is -0.309. The number of nitrogens with two attached hydrogens (primary N) is 1. The molecule has 0 bridgehead atoms. The Morgan fingerprint density at radius 2 is 1.97 bits per heavy atom. The van der Waals surface area contributed by atoms with E-state index in [1.54, 1.807) is 6.07 Å². The van der Waals surface area contributed by atoms with Crippen molar-refractivity contribution in [3.05, 3.63) is 52.0 Å². The van der Waals surface area contributed by atoms with Crippen molar-refractivity contribution in [1.82, 2.24) is 9.88 Å². The van der Waals surface area contributed by atoms with Crippen molar-refractivity contribution in [2.45, 2.75) is 39.7 Å². The molecule has 1 aromatic heterocycles. The van der Waals surface area contributed by atoms with Crippen molar-refractivity contribution in [2.75, 3.05) is 26.3 Å². The van der Waals surface area contributed by atoms with Crippen LogP contribution < -0.4 is 16.3 Å². The fourth-order valence-corrected chi connectivity index (χ4v) is 4.01. The average Bonchev–Trinajstić information content (AvgIpc) is 2.80. The van der Waals surface area contributed by atoms with Gasteiger partial charge in [0.15, 0.2) is 0 Å². The van der Waals surface area contributed by atoms with Gasteiger partial charge in [-0.1, -0.05) is 43.3 Å². The number of rotatable bonds is 5. The normalized spacial score (nSPS) is 18.6. The molecule has 1 saturated heterocycles. The second kappa shape index (κ2) is 11.0. The Kier molecular flexibility index (Phi) is 8.15. The summed E-state index contributed by atoms with van der Waals surface area (Å²) in [4.78, 5) is 18.9. The molecule has 0 radical (unpaired) electrons. The van der Waals surface area contributed by atoms with Gasteiger partial charge in [-0.3, -0.25) is 9.69 Å². The van der Waals surface area contributed by atoms with Gasteiger partial charge in [-0.15, -0.1) is 0 Å². The van der Waals surface area contributed by atoms with Gasteiger partial charge in [-0.25, -0.2) is 4.98 Å². The van der Waals surface area contributed by atoms with Crippen molar-refractivity contribution >= 4 is 18.1 Å². The summed E-state index contributed by atoms with van der Waals surface area (Å²) in [5, 5.41) is 9.68. The number of amides is 1. The molecule has 1 fully saturated rings. The first kappa shape index (κ1) is 23.6. The Morgan fingerprint density at radius 1 is 1.31 bits per heavy atom. The Bertz CT molecular complexity index is 1100. The maximum Gasteiger partial charge on any atom is 0.224 e. The number of ether oxygens (including phenoxy) is 1. The summed E-state index contributed by atoms with van der Waals surface area (Å²) in [6, 6.07) is 12.0. The molecule has 4 rings (SSSR count). The van der Waals surface area contributed by atoms with Gasteiger partial charge in [0.05, 0.1) is 36.2 Å². The number of nitrogens with zero attached hydrogens (tertiary/aromatic N) is 3. The van der Waals surface area contributed by atoms with Gasteiger partial charge < -0.3 is 10.5 Å². The van der Waals surface area contributed by atoms with Crippen LogP contribution in [-0.2, 0) is 16.1 Å². The fraction of sp³-hybridized carbons (Fsp3) is 0.423. The van der Waals surface area contributed by atoms with E-state index in [4.69, 9.17) is 20.7 Å². The number of carbonyl (C=O) groups excluding carboxylic acids is 1. The molecule has 1 amide bonds. The van der Waals surface area contributed by atoms with Crippen molar-refractivity contribution < 1.29 is 9.53 Å². The van der Waals surface area contributed by atoms with Crippen LogP contribution in [0.3, 0.4) is 0 Å². The monoisotopic (exact) mass is 432 g/mol. The summed E-state index contributed by atoms with van der Waals surface area (Å²) < 4.78 is 5.51. The third-order valence-electron chi connectivity index (χ3n) is 5.94. The predicted octanol–water partition coefficient (Wildman–Crippen LogP) is 2.30. The lowest BCUT2D eigenvalue weighted by atomic mass is 9.96. The molecular formula is C26H32N4O2. The van der Waals surface area contributed by atoms with E-state index in [9.17, 15) is 4.79 Å². The van der Waals surface area contributed by atoms with Crippen LogP contribution in [0.5, 0.6) is 0 Å². The number of primary amides is 1. The summed E-state index contributed by atoms with van der Waals surface area (Å²) >= 11 is 0. The smallest absolute Gasteiger partial charge is 0.224 e. The highest BCUT2D eigenvalue weighted by Gasteiger charge is 2.16. The van der Waals surface area contributed by atoms with Crippen LogP contribution >= 0.6 is 0 Å². The van der Waals surface area contributed by atoms with E-state index in [1.165, 1.54) is 17.7 Å². The Labute approximate surface area is 190 Å². The Balaban J connectivity index is 0.000000913. The lowest BCUT2D eigenvalue weighted by Gasteiger charge is -2.27. The van der Waals surface area contributed by atoms with E-state index in [1.807, 2.05) is 31.2 Å². The molecule has 2 unspecified atom stereocenters. The molecule has 1 aliphatic carbocycles. The summed E-state index contributed by atoms with van der Waals surface area (Å²) in [5.74, 6) is -0.0632. The molecule has 0 spiro atoms. The van der Waals surface area contributed by atoms with Crippen LogP contribution in [0.2, 0.25) is 0 Å². The van der Waals surface area contributed by atoms with Crippen LogP contribution in [-0.4, -0.2) is 42.1 Å². The molecule has 2 heterocycles. The molecule has 2 N–H and O–H groups in total. The molecule has 2 aromatic rings. The maximum absolute atomic E-state index is 11.5. The van der Waals surface area contributed by atoms with Crippen LogP contribution in [0, 0.1) is 17.2 Å². The number of aromatic nitrogens is 1. The number of benzene rings is 1. The summed E-state index contributed by atoms with van der Waals surface area (Å²) in [7, 11) is 0. The zero-order valence-corrected chi connectivity index (χ0v) is 19.2. The largest absolute Gasteiger partial charge is 0.379 e. The highest BCUT2D eigenvalue weighted by atomic mass is 16.5. The molecule has 32 heavy (non-hydrogen) atoms. The van der Waals surface area contributed by atoms with Gasteiger partial charge in [0.2, 0.25) is 5.91 Å². The number of pyridine rings is 1. The van der Waals surface area contributed by atoms with Gasteiger partial charge >= 0.3 is 0 Å². The summed E-state index contributed by atoms with van der Waals surface area (Å²) in [5.41, 5.74) is 9.73. The van der Waals surface area contributed by atoms with Crippen LogP contribution in [0.15, 0.2) is 30.3 Å². The lowest BCUT2D eigenvalue weighted by molar-refractivity contribution is -0.119. The van der Waals surface area contributed by atoms with Gasteiger partial charge in [0.1, 0.15) is 0 Å². The van der Waals surface area contributed by atoms with Crippen molar-refractivity contribution in [1.29, 1.82) is 5.26 Å². The first-order valence-corrected chi connectivity index (χ1v) is 11.2. The van der Waals surface area contributed by atoms with Crippen LogP contribution in [0.1, 0.15) is 44.2 Å². The van der Waals surface area contributed by atoms with Crippen LogP contribution in [0.25, 0.3) is 23.4 Å². The number of hydrogen-bond donors (Lipinski definition) is 1. The number of hydrogen-bond acceptors (Lipinski definition) is 5. The number of carbonyl (C=O) groups is 1. The second-order valence-corrected chi connectivity index (χ2v) is 8.41. The quantitative estimate of drug-likeness (QED) is 0.783. The topological polar surface area (TPSA) is 92.2 Å². The minimum absolute atomic E-state index is 0.290. The lowest BCUT2D eigenvalue weighted by Crippen LogP contribution is -2.41. The van der Waals surface area contributed by atoms with Gasteiger partial charge in [-0.05, 0) is 36.5 Å². The molecule has 1 aromatic carbocycles. The van der Waals surface area contributed by atoms with Gasteiger partial charge in [0, 0.05) is 37.3 Å². The van der Waals surface area contributed by atoms with Gasteiger partial charge in [0.25, 0.3) is 0 Å². The van der Waals surface area contributed by atoms with E-state index < -0.39 is 0 Å². The molecule has 6 nitrogen and oxygen atoms in total. The SMILES string of the molecule is CC#N.CC1C=c2c(CN3CCOCC3)cc(-c3ccc(C(C)C(N)=O)cc3)nc2=CC1. The van der Waals surface area contributed by atoms with Crippen molar-refractivity contribution in [3.8, 4) is 17.3 Å². The van der Waals surface area contributed by atoms with Crippen molar-refractivity contribution in [2.24, 2.45) is 11.7 Å². The Hall–Kier alpha value is -3.01.